The monoisotopic (exact) mass is 321 g/mol. The van der Waals surface area contributed by atoms with Crippen LogP contribution in [0.25, 0.3) is 5.69 Å². The van der Waals surface area contributed by atoms with Crippen molar-refractivity contribution in [2.24, 2.45) is 0 Å². The summed E-state index contributed by atoms with van der Waals surface area (Å²) in [4.78, 5) is 24.2. The Morgan fingerprint density at radius 2 is 1.54 bits per heavy atom. The van der Waals surface area contributed by atoms with Crippen molar-refractivity contribution >= 4 is 11.8 Å². The number of nitrogens with zero attached hydrogens (tertiary/aromatic N) is 1. The molecular weight excluding hydrogens is 306 g/mol. The summed E-state index contributed by atoms with van der Waals surface area (Å²) in [5, 5.41) is 9.63. The van der Waals surface area contributed by atoms with E-state index in [4.69, 9.17) is 0 Å². The van der Waals surface area contributed by atoms with Gasteiger partial charge in [-0.05, 0) is 42.5 Å². The van der Waals surface area contributed by atoms with Gasteiger partial charge in [-0.2, -0.15) is 0 Å². The number of rotatable bonds is 3. The molecule has 24 heavy (non-hydrogen) atoms. The van der Waals surface area contributed by atoms with Crippen LogP contribution in [0.15, 0.2) is 73.1 Å². The van der Waals surface area contributed by atoms with Crippen LogP contribution in [0, 0.1) is 0 Å². The van der Waals surface area contributed by atoms with Crippen LogP contribution in [0.4, 0.5) is 0 Å². The summed E-state index contributed by atoms with van der Waals surface area (Å²) in [6.07, 6.45) is 3.74. The lowest BCUT2D eigenvalue weighted by Crippen LogP contribution is -2.41. The first-order valence-corrected chi connectivity index (χ1v) is 7.27. The van der Waals surface area contributed by atoms with E-state index in [1.807, 2.05) is 35.2 Å². The molecule has 2 amide bonds. The molecule has 0 unspecified atom stereocenters. The molecule has 0 aliphatic rings. The van der Waals surface area contributed by atoms with Gasteiger partial charge in [0.1, 0.15) is 5.75 Å². The third-order valence-corrected chi connectivity index (χ3v) is 3.45. The molecule has 1 aromatic heterocycles. The number of aromatic nitrogens is 1. The van der Waals surface area contributed by atoms with E-state index in [1.165, 1.54) is 12.1 Å². The lowest BCUT2D eigenvalue weighted by molar-refractivity contribution is 0.0845. The first-order chi connectivity index (χ1) is 11.6. The minimum atomic E-state index is -0.594. The van der Waals surface area contributed by atoms with E-state index in [2.05, 4.69) is 10.9 Å². The zero-order chi connectivity index (χ0) is 16.9. The van der Waals surface area contributed by atoms with Gasteiger partial charge in [-0.25, -0.2) is 0 Å². The molecule has 0 radical (unpaired) electrons. The maximum atomic E-state index is 12.2. The molecule has 0 spiro atoms. The van der Waals surface area contributed by atoms with Crippen LogP contribution >= 0.6 is 0 Å². The molecule has 3 rings (SSSR count). The van der Waals surface area contributed by atoms with E-state index >= 15 is 0 Å². The van der Waals surface area contributed by atoms with Crippen molar-refractivity contribution in [1.82, 2.24) is 15.4 Å². The Kier molecular flexibility index (Phi) is 4.29. The van der Waals surface area contributed by atoms with E-state index in [1.54, 1.807) is 30.3 Å². The van der Waals surface area contributed by atoms with Crippen molar-refractivity contribution in [2.75, 3.05) is 0 Å². The number of aromatic hydroxyl groups is 1. The number of benzene rings is 2. The SMILES string of the molecule is O=C(NNC(=O)c1ccccc1O)c1cccc(-n2cccc2)c1. The fourth-order valence-corrected chi connectivity index (χ4v) is 2.23. The van der Waals surface area contributed by atoms with E-state index in [0.29, 0.717) is 5.56 Å². The Balaban J connectivity index is 1.68. The number of phenols is 1. The van der Waals surface area contributed by atoms with Crippen LogP contribution < -0.4 is 10.9 Å². The molecule has 0 atom stereocenters. The molecule has 6 nitrogen and oxygen atoms in total. The van der Waals surface area contributed by atoms with Crippen LogP contribution in [0.3, 0.4) is 0 Å². The van der Waals surface area contributed by atoms with Crippen LogP contribution in [-0.4, -0.2) is 21.5 Å². The van der Waals surface area contributed by atoms with E-state index < -0.39 is 11.8 Å². The summed E-state index contributed by atoms with van der Waals surface area (Å²) in [6.45, 7) is 0. The first kappa shape index (κ1) is 15.4. The molecule has 1 heterocycles. The van der Waals surface area contributed by atoms with Crippen LogP contribution in [0.2, 0.25) is 0 Å². The fraction of sp³-hybridized carbons (Fsp3) is 0. The van der Waals surface area contributed by atoms with E-state index in [0.717, 1.165) is 5.69 Å². The number of hydrogen-bond donors (Lipinski definition) is 3. The van der Waals surface area contributed by atoms with Crippen molar-refractivity contribution in [3.05, 3.63) is 84.2 Å². The zero-order valence-corrected chi connectivity index (χ0v) is 12.6. The molecular formula is C18H15N3O3. The highest BCUT2D eigenvalue weighted by Gasteiger charge is 2.12. The van der Waals surface area contributed by atoms with E-state index in [9.17, 15) is 14.7 Å². The number of phenolic OH excluding ortho intramolecular Hbond substituents is 1. The second-order valence-electron chi connectivity index (χ2n) is 5.07. The predicted octanol–water partition coefficient (Wildman–Crippen LogP) is 2.26. The molecule has 3 aromatic rings. The summed E-state index contributed by atoms with van der Waals surface area (Å²) >= 11 is 0. The number of amides is 2. The highest BCUT2D eigenvalue weighted by atomic mass is 16.3. The predicted molar refractivity (Wildman–Crippen MR) is 88.8 cm³/mol. The standard InChI is InChI=1S/C18H15N3O3/c22-16-9-2-1-8-15(16)18(24)20-19-17(23)13-6-5-7-14(12-13)21-10-3-4-11-21/h1-12,22H,(H,19,23)(H,20,24). The van der Waals surface area contributed by atoms with Gasteiger partial charge in [0.05, 0.1) is 5.56 Å². The third kappa shape index (κ3) is 3.27. The van der Waals surface area contributed by atoms with Gasteiger partial charge in [0.15, 0.2) is 0 Å². The molecule has 0 aliphatic heterocycles. The molecule has 120 valence electrons. The van der Waals surface area contributed by atoms with Gasteiger partial charge in [-0.3, -0.25) is 20.4 Å². The minimum absolute atomic E-state index is 0.0823. The van der Waals surface area contributed by atoms with Gasteiger partial charge in [-0.1, -0.05) is 18.2 Å². The topological polar surface area (TPSA) is 83.4 Å². The summed E-state index contributed by atoms with van der Waals surface area (Å²) in [5.74, 6) is -1.20. The third-order valence-electron chi connectivity index (χ3n) is 3.45. The molecule has 6 heteroatoms. The van der Waals surface area contributed by atoms with Crippen molar-refractivity contribution in [2.45, 2.75) is 0 Å². The first-order valence-electron chi connectivity index (χ1n) is 7.27. The molecule has 3 N–H and O–H groups in total. The van der Waals surface area contributed by atoms with Gasteiger partial charge in [0.25, 0.3) is 11.8 Å². The number of para-hydroxylation sites is 1. The highest BCUT2D eigenvalue weighted by Crippen LogP contribution is 2.15. The molecule has 0 bridgehead atoms. The zero-order valence-electron chi connectivity index (χ0n) is 12.6. The van der Waals surface area contributed by atoms with Crippen molar-refractivity contribution in [3.63, 3.8) is 0 Å². The maximum absolute atomic E-state index is 12.2. The van der Waals surface area contributed by atoms with Crippen LogP contribution in [0.1, 0.15) is 20.7 Å². The lowest BCUT2D eigenvalue weighted by atomic mass is 10.2. The number of hydrogen-bond acceptors (Lipinski definition) is 3. The number of carbonyl (C=O) groups is 2. The minimum Gasteiger partial charge on any atom is -0.507 e. The second-order valence-corrected chi connectivity index (χ2v) is 5.07. The van der Waals surface area contributed by atoms with Gasteiger partial charge in [0.2, 0.25) is 0 Å². The summed E-state index contributed by atoms with van der Waals surface area (Å²) < 4.78 is 1.87. The fourth-order valence-electron chi connectivity index (χ4n) is 2.23. The molecule has 2 aromatic carbocycles. The van der Waals surface area contributed by atoms with Gasteiger partial charge in [0, 0.05) is 23.6 Å². The quantitative estimate of drug-likeness (QED) is 0.647. The molecule has 0 saturated heterocycles. The largest absolute Gasteiger partial charge is 0.507 e. The Labute approximate surface area is 138 Å². The lowest BCUT2D eigenvalue weighted by Gasteiger charge is -2.09. The normalized spacial score (nSPS) is 10.2. The Morgan fingerprint density at radius 3 is 2.29 bits per heavy atom. The Morgan fingerprint density at radius 1 is 0.833 bits per heavy atom. The summed E-state index contributed by atoms with van der Waals surface area (Å²) in [6, 6.07) is 16.9. The number of hydrazine groups is 1. The number of carbonyl (C=O) groups excluding carboxylic acids is 2. The van der Waals surface area contributed by atoms with Gasteiger partial charge < -0.3 is 9.67 Å². The van der Waals surface area contributed by atoms with Crippen molar-refractivity contribution in [1.29, 1.82) is 0 Å². The molecule has 0 fully saturated rings. The Hall–Kier alpha value is -3.54. The average molecular weight is 321 g/mol. The van der Waals surface area contributed by atoms with E-state index in [-0.39, 0.29) is 11.3 Å². The Bertz CT molecular complexity index is 873. The van der Waals surface area contributed by atoms with Gasteiger partial charge >= 0.3 is 0 Å². The summed E-state index contributed by atoms with van der Waals surface area (Å²) in [5.41, 5.74) is 5.94. The van der Waals surface area contributed by atoms with Crippen LogP contribution in [-0.2, 0) is 0 Å². The molecule has 0 saturated carbocycles. The second kappa shape index (κ2) is 6.70. The summed E-state index contributed by atoms with van der Waals surface area (Å²) in [7, 11) is 0. The average Bonchev–Trinajstić information content (AvgIpc) is 3.14. The maximum Gasteiger partial charge on any atom is 0.273 e. The van der Waals surface area contributed by atoms with Crippen LogP contribution in [0.5, 0.6) is 5.75 Å². The van der Waals surface area contributed by atoms with Gasteiger partial charge in [-0.15, -0.1) is 0 Å². The van der Waals surface area contributed by atoms with Crippen molar-refractivity contribution in [3.8, 4) is 11.4 Å². The molecule has 0 aliphatic carbocycles. The van der Waals surface area contributed by atoms with Crippen molar-refractivity contribution < 1.29 is 14.7 Å². The number of nitrogens with one attached hydrogen (secondary N) is 2. The smallest absolute Gasteiger partial charge is 0.273 e. The highest BCUT2D eigenvalue weighted by molar-refractivity contribution is 6.00.